The fourth-order valence-electron chi connectivity index (χ4n) is 3.17. The number of benzene rings is 1. The van der Waals surface area contributed by atoms with Crippen molar-refractivity contribution in [2.24, 2.45) is 0 Å². The van der Waals surface area contributed by atoms with Gasteiger partial charge in [0.2, 0.25) is 0 Å². The number of aliphatic carboxylic acids is 1. The van der Waals surface area contributed by atoms with Gasteiger partial charge in [0.1, 0.15) is 0 Å². The predicted molar refractivity (Wildman–Crippen MR) is 102 cm³/mol. The number of anilines is 2. The Morgan fingerprint density at radius 1 is 1.23 bits per heavy atom. The van der Waals surface area contributed by atoms with Gasteiger partial charge in [-0.15, -0.1) is 0 Å². The highest BCUT2D eigenvalue weighted by Crippen LogP contribution is 2.28. The lowest BCUT2D eigenvalue weighted by Crippen LogP contribution is -2.47. The van der Waals surface area contributed by atoms with E-state index in [-0.39, 0.29) is 24.7 Å². The zero-order chi connectivity index (χ0) is 19.3. The van der Waals surface area contributed by atoms with Crippen molar-refractivity contribution in [1.82, 2.24) is 5.32 Å². The highest BCUT2D eigenvalue weighted by atomic mass is 16.5. The summed E-state index contributed by atoms with van der Waals surface area (Å²) in [5.74, 6) is -0.874. The minimum atomic E-state index is -0.874. The second-order valence-corrected chi connectivity index (χ2v) is 7.54. The molecule has 3 N–H and O–H groups in total. The largest absolute Gasteiger partial charge is 0.481 e. The monoisotopic (exact) mass is 363 g/mol. The van der Waals surface area contributed by atoms with Crippen LogP contribution < -0.4 is 15.5 Å². The number of nitrogens with one attached hydrogen (secondary N) is 2. The van der Waals surface area contributed by atoms with E-state index < -0.39 is 11.5 Å². The summed E-state index contributed by atoms with van der Waals surface area (Å²) in [7, 11) is 0. The maximum absolute atomic E-state index is 12.4. The Kier molecular flexibility index (Phi) is 6.47. The van der Waals surface area contributed by atoms with E-state index in [1.807, 2.05) is 52.0 Å². The van der Waals surface area contributed by atoms with Gasteiger partial charge >= 0.3 is 12.0 Å². The van der Waals surface area contributed by atoms with Crippen LogP contribution in [-0.4, -0.2) is 47.9 Å². The van der Waals surface area contributed by atoms with Crippen LogP contribution in [0.3, 0.4) is 0 Å². The lowest BCUT2D eigenvalue weighted by Gasteiger charge is -2.37. The van der Waals surface area contributed by atoms with E-state index in [2.05, 4.69) is 15.5 Å². The van der Waals surface area contributed by atoms with Gasteiger partial charge in [-0.25, -0.2) is 4.79 Å². The van der Waals surface area contributed by atoms with E-state index in [4.69, 9.17) is 9.84 Å². The summed E-state index contributed by atoms with van der Waals surface area (Å²) >= 11 is 0. The van der Waals surface area contributed by atoms with Gasteiger partial charge in [0.05, 0.1) is 23.6 Å². The van der Waals surface area contributed by atoms with Crippen LogP contribution in [0.2, 0.25) is 0 Å². The third-order valence-electron chi connectivity index (χ3n) is 4.33. The second kappa shape index (κ2) is 8.40. The van der Waals surface area contributed by atoms with E-state index in [0.29, 0.717) is 6.42 Å². The van der Waals surface area contributed by atoms with E-state index >= 15 is 0 Å². The predicted octanol–water partition coefficient (Wildman–Crippen LogP) is 3.07. The summed E-state index contributed by atoms with van der Waals surface area (Å²) < 4.78 is 5.78. The maximum atomic E-state index is 12.4. The molecule has 1 heterocycles. The van der Waals surface area contributed by atoms with Crippen LogP contribution in [0.1, 0.15) is 40.5 Å². The number of hydrogen-bond donors (Lipinski definition) is 3. The molecule has 26 heavy (non-hydrogen) atoms. The van der Waals surface area contributed by atoms with Crippen molar-refractivity contribution < 1.29 is 19.4 Å². The number of nitrogens with zero attached hydrogens (tertiary/aromatic N) is 1. The zero-order valence-corrected chi connectivity index (χ0v) is 15.9. The quantitative estimate of drug-likeness (QED) is 0.722. The number of morpholine rings is 1. The van der Waals surface area contributed by atoms with Crippen LogP contribution >= 0.6 is 0 Å². The summed E-state index contributed by atoms with van der Waals surface area (Å²) in [5.41, 5.74) is 1.06. The molecule has 2 atom stereocenters. The van der Waals surface area contributed by atoms with E-state index in [1.54, 1.807) is 0 Å². The molecule has 7 heteroatoms. The average molecular weight is 363 g/mol. The molecular weight excluding hydrogens is 334 g/mol. The topological polar surface area (TPSA) is 90.9 Å². The van der Waals surface area contributed by atoms with Crippen molar-refractivity contribution in [3.05, 3.63) is 24.3 Å². The Balaban J connectivity index is 2.05. The molecule has 1 saturated heterocycles. The van der Waals surface area contributed by atoms with Crippen molar-refractivity contribution in [2.45, 2.75) is 58.3 Å². The number of hydrogen-bond acceptors (Lipinski definition) is 4. The second-order valence-electron chi connectivity index (χ2n) is 7.54. The number of para-hydroxylation sites is 2. The Hall–Kier alpha value is -2.28. The first-order chi connectivity index (χ1) is 12.2. The molecule has 0 aromatic heterocycles. The number of rotatable bonds is 6. The van der Waals surface area contributed by atoms with E-state index in [0.717, 1.165) is 24.5 Å². The molecule has 0 radical (unpaired) electrons. The standard InChI is InChI=1S/C19H29N3O4/c1-13-11-22(12-14(2)26-13)16-8-6-5-7-15(16)20-18(25)21-19(3,4)10-9-17(23)24/h5-8,13-14H,9-12H2,1-4H3,(H,23,24)(H2,20,21,25). The molecule has 0 aliphatic carbocycles. The molecule has 1 aromatic carbocycles. The van der Waals surface area contributed by atoms with Crippen molar-refractivity contribution >= 4 is 23.4 Å². The zero-order valence-electron chi connectivity index (χ0n) is 15.9. The van der Waals surface area contributed by atoms with Crippen molar-refractivity contribution in [2.75, 3.05) is 23.3 Å². The van der Waals surface area contributed by atoms with Crippen molar-refractivity contribution in [3.63, 3.8) is 0 Å². The van der Waals surface area contributed by atoms with Gasteiger partial charge in [-0.3, -0.25) is 4.79 Å². The van der Waals surface area contributed by atoms with Crippen LogP contribution in [0, 0.1) is 0 Å². The van der Waals surface area contributed by atoms with E-state index in [1.165, 1.54) is 0 Å². The molecular formula is C19H29N3O4. The average Bonchev–Trinajstić information content (AvgIpc) is 2.52. The molecule has 2 unspecified atom stereocenters. The lowest BCUT2D eigenvalue weighted by atomic mass is 9.99. The summed E-state index contributed by atoms with van der Waals surface area (Å²) in [6, 6.07) is 7.32. The minimum absolute atomic E-state index is 0.00736. The van der Waals surface area contributed by atoms with Gasteiger partial charge in [0.25, 0.3) is 0 Å². The SMILES string of the molecule is CC1CN(c2ccccc2NC(=O)NC(C)(C)CCC(=O)O)CC(C)O1. The normalized spacial score (nSPS) is 20.5. The maximum Gasteiger partial charge on any atom is 0.319 e. The summed E-state index contributed by atoms with van der Waals surface area (Å²) in [6.07, 6.45) is 0.606. The van der Waals surface area contributed by atoms with Crippen molar-refractivity contribution in [3.8, 4) is 0 Å². The summed E-state index contributed by atoms with van der Waals surface area (Å²) in [5, 5.41) is 14.6. The van der Waals surface area contributed by atoms with Gasteiger partial charge in [-0.1, -0.05) is 12.1 Å². The van der Waals surface area contributed by atoms with Gasteiger partial charge in [-0.2, -0.15) is 0 Å². The van der Waals surface area contributed by atoms with Gasteiger partial charge in [0.15, 0.2) is 0 Å². The third-order valence-corrected chi connectivity index (χ3v) is 4.33. The Morgan fingerprint density at radius 3 is 2.46 bits per heavy atom. The molecule has 1 fully saturated rings. The van der Waals surface area contributed by atoms with Gasteiger partial charge in [0, 0.05) is 25.0 Å². The molecule has 144 valence electrons. The molecule has 1 aromatic rings. The fraction of sp³-hybridized carbons (Fsp3) is 0.579. The Labute approximate surface area is 154 Å². The molecule has 1 aliphatic rings. The summed E-state index contributed by atoms with van der Waals surface area (Å²) in [6.45, 7) is 9.22. The number of urea groups is 1. The first kappa shape index (κ1) is 20.0. The van der Waals surface area contributed by atoms with Crippen molar-refractivity contribution in [1.29, 1.82) is 0 Å². The van der Waals surface area contributed by atoms with Crippen LogP contribution in [0.15, 0.2) is 24.3 Å². The first-order valence-corrected chi connectivity index (χ1v) is 8.96. The molecule has 2 rings (SSSR count). The molecule has 0 spiro atoms. The number of amides is 2. The van der Waals surface area contributed by atoms with Crippen LogP contribution in [-0.2, 0) is 9.53 Å². The number of ether oxygens (including phenoxy) is 1. The molecule has 1 aliphatic heterocycles. The number of carbonyl (C=O) groups is 2. The van der Waals surface area contributed by atoms with E-state index in [9.17, 15) is 9.59 Å². The van der Waals surface area contributed by atoms with Gasteiger partial charge in [-0.05, 0) is 46.2 Å². The molecule has 7 nitrogen and oxygen atoms in total. The molecule has 0 saturated carbocycles. The Bertz CT molecular complexity index is 637. The van der Waals surface area contributed by atoms with Gasteiger partial charge < -0.3 is 25.4 Å². The number of carboxylic acid groups (broad SMARTS) is 1. The smallest absolute Gasteiger partial charge is 0.319 e. The van der Waals surface area contributed by atoms with Crippen LogP contribution in [0.4, 0.5) is 16.2 Å². The minimum Gasteiger partial charge on any atom is -0.481 e. The third kappa shape index (κ3) is 5.91. The molecule has 2 amide bonds. The van der Waals surface area contributed by atoms with Crippen LogP contribution in [0.5, 0.6) is 0 Å². The number of carbonyl (C=O) groups excluding carboxylic acids is 1. The lowest BCUT2D eigenvalue weighted by molar-refractivity contribution is -0.137. The molecule has 0 bridgehead atoms. The number of carboxylic acids is 1. The highest BCUT2D eigenvalue weighted by Gasteiger charge is 2.25. The summed E-state index contributed by atoms with van der Waals surface area (Å²) in [4.78, 5) is 25.4. The highest BCUT2D eigenvalue weighted by molar-refractivity contribution is 5.93. The fourth-order valence-corrected chi connectivity index (χ4v) is 3.17. The van der Waals surface area contributed by atoms with Crippen LogP contribution in [0.25, 0.3) is 0 Å². The Morgan fingerprint density at radius 2 is 1.85 bits per heavy atom. The first-order valence-electron chi connectivity index (χ1n) is 8.96.